The Morgan fingerprint density at radius 2 is 2.21 bits per heavy atom. The summed E-state index contributed by atoms with van der Waals surface area (Å²) in [6.07, 6.45) is 0.905. The summed E-state index contributed by atoms with van der Waals surface area (Å²) in [5, 5.41) is 5.55. The molecule has 0 aromatic heterocycles. The summed E-state index contributed by atoms with van der Waals surface area (Å²) in [6, 6.07) is 3.30. The number of rotatable bonds is 3. The summed E-state index contributed by atoms with van der Waals surface area (Å²) in [4.78, 5) is 23.0. The summed E-state index contributed by atoms with van der Waals surface area (Å²) >= 11 is 0. The normalized spacial score (nSPS) is 22.2. The van der Waals surface area contributed by atoms with Gasteiger partial charge in [0.05, 0.1) is 11.7 Å². The zero-order valence-corrected chi connectivity index (χ0v) is 10.6. The fourth-order valence-corrected chi connectivity index (χ4v) is 2.17. The predicted octanol–water partition coefficient (Wildman–Crippen LogP) is 0.861. The lowest BCUT2D eigenvalue weighted by atomic mass is 10.0. The highest BCUT2D eigenvalue weighted by molar-refractivity contribution is 5.98. The van der Waals surface area contributed by atoms with Crippen molar-refractivity contribution in [2.24, 2.45) is 11.7 Å². The van der Waals surface area contributed by atoms with E-state index in [1.165, 1.54) is 12.1 Å². The number of hydrogen-bond donors (Lipinski definition) is 3. The average molecular weight is 265 g/mol. The number of anilines is 1. The van der Waals surface area contributed by atoms with Gasteiger partial charge in [0.15, 0.2) is 0 Å². The van der Waals surface area contributed by atoms with Crippen LogP contribution >= 0.6 is 0 Å². The van der Waals surface area contributed by atoms with Gasteiger partial charge in [-0.3, -0.25) is 9.59 Å². The summed E-state index contributed by atoms with van der Waals surface area (Å²) in [5.41, 5.74) is 5.25. The number of nitrogens with one attached hydrogen (secondary N) is 2. The summed E-state index contributed by atoms with van der Waals surface area (Å²) < 4.78 is 13.6. The van der Waals surface area contributed by atoms with Crippen molar-refractivity contribution in [1.29, 1.82) is 0 Å². The Bertz CT molecular complexity index is 519. The fraction of sp³-hybridized carbons (Fsp3) is 0.385. The Hall–Kier alpha value is -1.95. The van der Waals surface area contributed by atoms with E-state index in [0.717, 1.165) is 19.0 Å². The van der Waals surface area contributed by atoms with Gasteiger partial charge in [-0.25, -0.2) is 4.39 Å². The topological polar surface area (TPSA) is 84.2 Å². The Morgan fingerprint density at radius 1 is 1.47 bits per heavy atom. The molecule has 1 heterocycles. The number of nitrogens with two attached hydrogens (primary N) is 1. The summed E-state index contributed by atoms with van der Waals surface area (Å²) in [7, 11) is 0. The maximum atomic E-state index is 13.6. The van der Waals surface area contributed by atoms with Gasteiger partial charge in [-0.05, 0) is 37.1 Å². The Morgan fingerprint density at radius 3 is 2.79 bits per heavy atom. The minimum absolute atomic E-state index is 0.0257. The van der Waals surface area contributed by atoms with Crippen LogP contribution in [0.1, 0.15) is 23.7 Å². The van der Waals surface area contributed by atoms with Gasteiger partial charge in [-0.15, -0.1) is 0 Å². The fourth-order valence-electron chi connectivity index (χ4n) is 2.17. The van der Waals surface area contributed by atoms with Crippen LogP contribution in [0.4, 0.5) is 10.1 Å². The van der Waals surface area contributed by atoms with Crippen LogP contribution in [0, 0.1) is 11.7 Å². The van der Waals surface area contributed by atoms with Gasteiger partial charge in [0.2, 0.25) is 11.8 Å². The molecule has 4 N–H and O–H groups in total. The third-order valence-corrected chi connectivity index (χ3v) is 3.32. The molecule has 2 rings (SSSR count). The van der Waals surface area contributed by atoms with Gasteiger partial charge in [0, 0.05) is 5.56 Å². The van der Waals surface area contributed by atoms with Crippen molar-refractivity contribution in [2.45, 2.75) is 19.4 Å². The molecule has 5 nitrogen and oxygen atoms in total. The molecule has 0 radical (unpaired) electrons. The average Bonchev–Trinajstić information content (AvgIpc) is 2.78. The lowest BCUT2D eigenvalue weighted by Gasteiger charge is -2.16. The highest BCUT2D eigenvalue weighted by atomic mass is 19.1. The lowest BCUT2D eigenvalue weighted by molar-refractivity contribution is -0.118. The van der Waals surface area contributed by atoms with E-state index in [4.69, 9.17) is 5.73 Å². The third kappa shape index (κ3) is 2.90. The van der Waals surface area contributed by atoms with Gasteiger partial charge >= 0.3 is 0 Å². The van der Waals surface area contributed by atoms with Crippen LogP contribution in [0.5, 0.6) is 0 Å². The standard InChI is InChI=1S/C13H16FN3O2/c1-7-4-5-16-11(7)13(19)17-10-6-8(12(15)18)2-3-9(10)14/h2-3,6-7,11,16H,4-5H2,1H3,(H2,15,18)(H,17,19). The number of halogens is 1. The van der Waals surface area contributed by atoms with Crippen molar-refractivity contribution in [3.05, 3.63) is 29.6 Å². The smallest absolute Gasteiger partial charge is 0.248 e. The number of carbonyl (C=O) groups is 2. The van der Waals surface area contributed by atoms with Crippen LogP contribution in [0.15, 0.2) is 18.2 Å². The molecular weight excluding hydrogens is 249 g/mol. The van der Waals surface area contributed by atoms with E-state index in [9.17, 15) is 14.0 Å². The van der Waals surface area contributed by atoms with Gasteiger partial charge in [0.1, 0.15) is 5.82 Å². The largest absolute Gasteiger partial charge is 0.366 e. The number of amides is 2. The van der Waals surface area contributed by atoms with E-state index in [2.05, 4.69) is 10.6 Å². The molecule has 1 fully saturated rings. The Labute approximate surface area is 110 Å². The minimum atomic E-state index is -0.664. The Balaban J connectivity index is 2.16. The van der Waals surface area contributed by atoms with Crippen LogP contribution < -0.4 is 16.4 Å². The molecule has 102 valence electrons. The molecule has 2 amide bonds. The minimum Gasteiger partial charge on any atom is -0.366 e. The molecule has 19 heavy (non-hydrogen) atoms. The summed E-state index contributed by atoms with van der Waals surface area (Å²) in [5.74, 6) is -1.36. The maximum Gasteiger partial charge on any atom is 0.248 e. The van der Waals surface area contributed by atoms with E-state index in [-0.39, 0.29) is 29.1 Å². The van der Waals surface area contributed by atoms with Gasteiger partial charge < -0.3 is 16.4 Å². The molecule has 6 heteroatoms. The summed E-state index contributed by atoms with van der Waals surface area (Å²) in [6.45, 7) is 2.73. The molecule has 1 saturated heterocycles. The molecular formula is C13H16FN3O2. The van der Waals surface area contributed by atoms with Crippen LogP contribution in [0.3, 0.4) is 0 Å². The first-order valence-electron chi connectivity index (χ1n) is 6.12. The second-order valence-electron chi connectivity index (χ2n) is 4.75. The van der Waals surface area contributed by atoms with Gasteiger partial charge in [-0.1, -0.05) is 6.92 Å². The third-order valence-electron chi connectivity index (χ3n) is 3.32. The van der Waals surface area contributed by atoms with E-state index in [0.29, 0.717) is 0 Å². The van der Waals surface area contributed by atoms with E-state index in [1.807, 2.05) is 6.92 Å². The second kappa shape index (κ2) is 5.36. The SMILES string of the molecule is CC1CCNC1C(=O)Nc1cc(C(N)=O)ccc1F. The number of hydrogen-bond acceptors (Lipinski definition) is 3. The molecule has 0 spiro atoms. The number of benzene rings is 1. The molecule has 2 atom stereocenters. The highest BCUT2D eigenvalue weighted by Crippen LogP contribution is 2.19. The number of carbonyl (C=O) groups excluding carboxylic acids is 2. The first kappa shape index (κ1) is 13.5. The zero-order chi connectivity index (χ0) is 14.0. The zero-order valence-electron chi connectivity index (χ0n) is 10.6. The van der Waals surface area contributed by atoms with E-state index < -0.39 is 11.7 Å². The van der Waals surface area contributed by atoms with Crippen molar-refractivity contribution in [2.75, 3.05) is 11.9 Å². The Kier molecular flexibility index (Phi) is 3.80. The molecule has 0 bridgehead atoms. The van der Waals surface area contributed by atoms with Gasteiger partial charge in [0.25, 0.3) is 0 Å². The lowest BCUT2D eigenvalue weighted by Crippen LogP contribution is -2.39. The monoisotopic (exact) mass is 265 g/mol. The van der Waals surface area contributed by atoms with Crippen molar-refractivity contribution in [1.82, 2.24) is 5.32 Å². The molecule has 1 aliphatic rings. The van der Waals surface area contributed by atoms with Crippen molar-refractivity contribution in [3.63, 3.8) is 0 Å². The molecule has 0 aliphatic carbocycles. The first-order valence-corrected chi connectivity index (χ1v) is 6.12. The van der Waals surface area contributed by atoms with Crippen LogP contribution in [-0.2, 0) is 4.79 Å². The predicted molar refractivity (Wildman–Crippen MR) is 69.1 cm³/mol. The molecule has 1 aliphatic heterocycles. The van der Waals surface area contributed by atoms with Crippen molar-refractivity contribution >= 4 is 17.5 Å². The van der Waals surface area contributed by atoms with Crippen molar-refractivity contribution < 1.29 is 14.0 Å². The maximum absolute atomic E-state index is 13.6. The quantitative estimate of drug-likeness (QED) is 0.758. The molecule has 1 aromatic rings. The highest BCUT2D eigenvalue weighted by Gasteiger charge is 2.29. The van der Waals surface area contributed by atoms with E-state index in [1.54, 1.807) is 0 Å². The van der Waals surface area contributed by atoms with Crippen LogP contribution in [0.2, 0.25) is 0 Å². The van der Waals surface area contributed by atoms with E-state index >= 15 is 0 Å². The van der Waals surface area contributed by atoms with Crippen molar-refractivity contribution in [3.8, 4) is 0 Å². The van der Waals surface area contributed by atoms with Crippen LogP contribution in [0.25, 0.3) is 0 Å². The number of primary amides is 1. The second-order valence-corrected chi connectivity index (χ2v) is 4.75. The van der Waals surface area contributed by atoms with Gasteiger partial charge in [-0.2, -0.15) is 0 Å². The molecule has 0 saturated carbocycles. The molecule has 2 unspecified atom stereocenters. The molecule has 1 aromatic carbocycles. The van der Waals surface area contributed by atoms with Crippen LogP contribution in [-0.4, -0.2) is 24.4 Å². The first-order chi connectivity index (χ1) is 8.99.